The molecule has 0 unspecified atom stereocenters. The van der Waals surface area contributed by atoms with Gasteiger partial charge >= 0.3 is 0 Å². The van der Waals surface area contributed by atoms with Crippen LogP contribution in [0.15, 0.2) is 188 Å². The Balaban J connectivity index is 0.00000672. The third-order valence-corrected chi connectivity index (χ3v) is 13.2. The summed E-state index contributed by atoms with van der Waals surface area (Å²) in [4.78, 5) is 4.86. The summed E-state index contributed by atoms with van der Waals surface area (Å²) in [6.45, 7) is 17.7. The van der Waals surface area contributed by atoms with Gasteiger partial charge in [0.2, 0.25) is 0 Å². The number of imidazole rings is 1. The van der Waals surface area contributed by atoms with E-state index in [2.05, 4.69) is 169 Å². The molecule has 0 amide bonds. The predicted octanol–water partition coefficient (Wildman–Crippen LogP) is 16.4. The van der Waals surface area contributed by atoms with E-state index < -0.39 is 18.1 Å². The fourth-order valence-corrected chi connectivity index (χ4v) is 9.61. The third kappa shape index (κ3) is 9.35. The molecular formula is C66H58N4OPt-2. The molecule has 3 aromatic heterocycles. The van der Waals surface area contributed by atoms with Gasteiger partial charge in [-0.15, -0.1) is 29.7 Å². The molecular weight excluding hydrogens is 1060 g/mol. The molecule has 0 atom stereocenters. The van der Waals surface area contributed by atoms with Gasteiger partial charge in [-0.1, -0.05) is 188 Å². The average Bonchev–Trinajstić information content (AvgIpc) is 4.01. The van der Waals surface area contributed by atoms with Crippen molar-refractivity contribution in [3.63, 3.8) is 0 Å². The minimum Gasteiger partial charge on any atom is -0.510 e. The summed E-state index contributed by atoms with van der Waals surface area (Å²) < 4.78 is 57.7. The van der Waals surface area contributed by atoms with Crippen molar-refractivity contribution in [3.05, 3.63) is 223 Å². The van der Waals surface area contributed by atoms with E-state index >= 15 is 0 Å². The molecule has 0 saturated heterocycles. The fourth-order valence-electron chi connectivity index (χ4n) is 9.61. The normalized spacial score (nSPS) is 12.9. The predicted molar refractivity (Wildman–Crippen MR) is 292 cm³/mol. The SMILES string of the molecule is [2H]c1c([2H])c([2H])c(-c2cccc(-c3cc(C(C)(C)C)cc(C(C)(C)C)c3)c2-[n+]2[c-]n(-c3[c-]c(Oc4[c-]c5c(cc4)c4ccccc4n5-c4cc(CC(C)C)ccn4)ccc3)c3ccc(-c4ccccc4)cc32)c([2H])c1[2H].[Pt]. The minimum absolute atomic E-state index is 0. The van der Waals surface area contributed by atoms with Crippen molar-refractivity contribution in [1.29, 1.82) is 0 Å². The summed E-state index contributed by atoms with van der Waals surface area (Å²) in [5, 5.41) is 2.13. The van der Waals surface area contributed by atoms with Crippen LogP contribution >= 0.6 is 0 Å². The Bertz CT molecular complexity index is 4010. The monoisotopic (exact) mass is 1120 g/mol. The van der Waals surface area contributed by atoms with Gasteiger partial charge in [0, 0.05) is 44.3 Å². The molecule has 0 N–H and O–H groups in total. The summed E-state index contributed by atoms with van der Waals surface area (Å²) >= 11 is 0. The Labute approximate surface area is 445 Å². The topological polar surface area (TPSA) is 35.9 Å². The summed E-state index contributed by atoms with van der Waals surface area (Å²) in [5.74, 6) is 2.29. The summed E-state index contributed by atoms with van der Waals surface area (Å²) in [6.07, 6.45) is 6.56. The van der Waals surface area contributed by atoms with E-state index in [-0.39, 0.29) is 49.5 Å². The van der Waals surface area contributed by atoms with E-state index in [0.29, 0.717) is 34.4 Å². The number of rotatable bonds is 10. The van der Waals surface area contributed by atoms with Gasteiger partial charge in [0.15, 0.2) is 0 Å². The molecule has 5 nitrogen and oxygen atoms in total. The molecule has 72 heavy (non-hydrogen) atoms. The smallest absolute Gasteiger partial charge is 0.268 e. The molecule has 0 aliphatic carbocycles. The van der Waals surface area contributed by atoms with Crippen LogP contribution in [-0.2, 0) is 38.3 Å². The molecule has 3 heterocycles. The second kappa shape index (κ2) is 19.4. The van der Waals surface area contributed by atoms with Crippen LogP contribution < -0.4 is 9.30 Å². The summed E-state index contributed by atoms with van der Waals surface area (Å²) in [6, 6.07) is 56.7. The maximum absolute atomic E-state index is 9.34. The molecule has 11 aromatic rings. The molecule has 6 heteroatoms. The Morgan fingerprint density at radius 1 is 0.611 bits per heavy atom. The Morgan fingerprint density at radius 3 is 2.04 bits per heavy atom. The third-order valence-electron chi connectivity index (χ3n) is 13.2. The van der Waals surface area contributed by atoms with Crippen molar-refractivity contribution >= 4 is 32.8 Å². The van der Waals surface area contributed by atoms with Crippen molar-refractivity contribution in [2.75, 3.05) is 0 Å². The second-order valence-corrected chi connectivity index (χ2v) is 20.9. The van der Waals surface area contributed by atoms with E-state index in [4.69, 9.17) is 13.8 Å². The maximum Gasteiger partial charge on any atom is 0.268 e. The largest absolute Gasteiger partial charge is 0.510 e. The van der Waals surface area contributed by atoms with Gasteiger partial charge in [-0.3, -0.25) is 4.57 Å². The van der Waals surface area contributed by atoms with Gasteiger partial charge in [-0.05, 0) is 109 Å². The zero-order valence-corrected chi connectivity index (χ0v) is 44.1. The number of nitrogens with zero attached hydrogens (tertiary/aromatic N) is 4. The first-order valence-electron chi connectivity index (χ1n) is 26.9. The van der Waals surface area contributed by atoms with E-state index in [9.17, 15) is 2.74 Å². The fraction of sp³-hybridized carbons (Fsp3) is 0.182. The van der Waals surface area contributed by atoms with Gasteiger partial charge < -0.3 is 13.9 Å². The molecule has 11 rings (SSSR count). The zero-order valence-electron chi connectivity index (χ0n) is 46.8. The van der Waals surface area contributed by atoms with Crippen LogP contribution in [0.1, 0.15) is 78.9 Å². The Kier molecular flexibility index (Phi) is 11.4. The zero-order chi connectivity index (χ0) is 53.4. The number of aromatic nitrogens is 4. The van der Waals surface area contributed by atoms with Crippen LogP contribution in [0, 0.1) is 24.4 Å². The standard InChI is InChI=1S/C66H58N4O.Pt/c1-44(2)35-45-33-34-67-63(36-45)70-59-28-16-15-25-57(59)58-31-30-54(42-61(58)70)71-53-24-17-23-52(41-53)68-43-69(62-39-48(29-32-60(62)68)46-19-11-9-12-20-46)64-55(47-21-13-10-14-22-47)26-18-27-56(64)49-37-50(65(3,4)5)40-51(38-49)66(6,7)8;/h9-34,36-40,44H,35H2,1-8H3;/q-2;/i10D,13D,14D,21D,22D;. The Hall–Kier alpha value is -7.33. The van der Waals surface area contributed by atoms with Crippen molar-refractivity contribution in [1.82, 2.24) is 14.1 Å². The van der Waals surface area contributed by atoms with Crippen molar-refractivity contribution in [2.24, 2.45) is 5.92 Å². The van der Waals surface area contributed by atoms with Gasteiger partial charge in [0.1, 0.15) is 5.82 Å². The number of pyridine rings is 1. The molecule has 0 aliphatic rings. The van der Waals surface area contributed by atoms with Crippen LogP contribution in [0.5, 0.6) is 11.5 Å². The van der Waals surface area contributed by atoms with Gasteiger partial charge in [0.05, 0.1) is 23.6 Å². The number of ether oxygens (including phenoxy) is 1. The number of fused-ring (bicyclic) bond motifs is 4. The van der Waals surface area contributed by atoms with E-state index in [1.165, 1.54) is 5.56 Å². The number of hydrogen-bond acceptors (Lipinski definition) is 2. The quantitative estimate of drug-likeness (QED) is 0.101. The minimum atomic E-state index is -0.450. The van der Waals surface area contributed by atoms with Crippen LogP contribution in [0.3, 0.4) is 0 Å². The molecule has 0 bridgehead atoms. The van der Waals surface area contributed by atoms with E-state index in [1.54, 1.807) is 0 Å². The van der Waals surface area contributed by atoms with Gasteiger partial charge in [-0.25, -0.2) is 4.98 Å². The van der Waals surface area contributed by atoms with Crippen LogP contribution in [0.25, 0.3) is 83.4 Å². The molecule has 360 valence electrons. The maximum atomic E-state index is 9.34. The molecule has 0 saturated carbocycles. The number of hydrogen-bond donors (Lipinski definition) is 0. The Morgan fingerprint density at radius 2 is 1.31 bits per heavy atom. The molecule has 8 aromatic carbocycles. The van der Waals surface area contributed by atoms with Crippen LogP contribution in [0.4, 0.5) is 0 Å². The average molecular weight is 1120 g/mol. The molecule has 0 radical (unpaired) electrons. The first-order valence-corrected chi connectivity index (χ1v) is 24.4. The van der Waals surface area contributed by atoms with Crippen molar-refractivity contribution < 1.29 is 37.2 Å². The van der Waals surface area contributed by atoms with Crippen LogP contribution in [-0.4, -0.2) is 14.1 Å². The molecule has 0 aliphatic heterocycles. The van der Waals surface area contributed by atoms with Crippen molar-refractivity contribution in [2.45, 2.75) is 72.6 Å². The molecule has 0 spiro atoms. The summed E-state index contributed by atoms with van der Waals surface area (Å²) in [7, 11) is 0. The number of para-hydroxylation sites is 2. The first-order chi connectivity index (χ1) is 36.3. The second-order valence-electron chi connectivity index (χ2n) is 20.9. The molecule has 0 fully saturated rings. The number of benzene rings is 8. The first kappa shape index (κ1) is 42.4. The summed E-state index contributed by atoms with van der Waals surface area (Å²) in [5.41, 5.74) is 12.0. The van der Waals surface area contributed by atoms with E-state index in [0.717, 1.165) is 78.5 Å². The van der Waals surface area contributed by atoms with Crippen LogP contribution in [0.2, 0.25) is 0 Å². The van der Waals surface area contributed by atoms with Gasteiger partial charge in [0.25, 0.3) is 6.33 Å². The van der Waals surface area contributed by atoms with Crippen molar-refractivity contribution in [3.8, 4) is 62.1 Å². The van der Waals surface area contributed by atoms with E-state index in [1.807, 2.05) is 76.0 Å². The van der Waals surface area contributed by atoms with Gasteiger partial charge in [-0.2, -0.15) is 18.2 Å².